The van der Waals surface area contributed by atoms with Crippen LogP contribution in [0.25, 0.3) is 12.2 Å². The highest BCUT2D eigenvalue weighted by Crippen LogP contribution is 2.29. The lowest BCUT2D eigenvalue weighted by Gasteiger charge is -2.33. The molecule has 33 heavy (non-hydrogen) atoms. The number of phenols is 3. The summed E-state index contributed by atoms with van der Waals surface area (Å²) in [5.74, 6) is -9.89. The molecule has 172 valence electrons. The van der Waals surface area contributed by atoms with Crippen molar-refractivity contribution in [3.05, 3.63) is 65.7 Å². The topological polar surface area (TPSA) is 210 Å². The molecule has 0 aromatic heterocycles. The second kappa shape index (κ2) is 9.34. The highest BCUT2D eigenvalue weighted by atomic mass is 16.5. The van der Waals surface area contributed by atoms with Crippen LogP contribution in [0.2, 0.25) is 0 Å². The number of rotatable bonds is 9. The number of aromatic hydroxyl groups is 3. The fourth-order valence-electron chi connectivity index (χ4n) is 2.69. The van der Waals surface area contributed by atoms with Gasteiger partial charge in [0.15, 0.2) is 11.5 Å². The molecule has 2 atom stereocenters. The summed E-state index contributed by atoms with van der Waals surface area (Å²) in [4.78, 5) is 48.5. The van der Waals surface area contributed by atoms with Gasteiger partial charge in [-0.15, -0.1) is 0 Å². The van der Waals surface area contributed by atoms with E-state index in [1.54, 1.807) is 0 Å². The maximum absolute atomic E-state index is 12.5. The van der Waals surface area contributed by atoms with Crippen molar-refractivity contribution in [2.75, 3.05) is 0 Å². The minimum absolute atomic E-state index is 0.0313. The van der Waals surface area contributed by atoms with Crippen molar-refractivity contribution in [2.45, 2.75) is 11.2 Å². The van der Waals surface area contributed by atoms with Gasteiger partial charge in [0.25, 0.3) is 11.2 Å². The van der Waals surface area contributed by atoms with Gasteiger partial charge in [-0.3, -0.25) is 9.59 Å². The molecule has 2 rings (SSSR count). The SMILES string of the molecule is O=C(O)C(O)(C(=O)C=Cc1ccc(O)cc1)C(O)(C(=O)O)C(=O)/C=C/c1ccc(O)c(O)c1. The van der Waals surface area contributed by atoms with E-state index in [0.717, 1.165) is 24.3 Å². The van der Waals surface area contributed by atoms with Gasteiger partial charge in [-0.1, -0.05) is 30.4 Å². The highest BCUT2D eigenvalue weighted by molar-refractivity contribution is 6.26. The van der Waals surface area contributed by atoms with Crippen LogP contribution in [-0.4, -0.2) is 70.5 Å². The number of carboxylic acids is 2. The molecule has 11 nitrogen and oxygen atoms in total. The number of hydrogen-bond acceptors (Lipinski definition) is 9. The van der Waals surface area contributed by atoms with Crippen molar-refractivity contribution in [1.82, 2.24) is 0 Å². The lowest BCUT2D eigenvalue weighted by molar-refractivity contribution is -0.204. The van der Waals surface area contributed by atoms with Gasteiger partial charge >= 0.3 is 11.9 Å². The van der Waals surface area contributed by atoms with E-state index in [1.807, 2.05) is 0 Å². The summed E-state index contributed by atoms with van der Waals surface area (Å²) in [7, 11) is 0. The fraction of sp³-hybridized carbons (Fsp3) is 0.0909. The molecule has 0 aliphatic heterocycles. The molecule has 2 unspecified atom stereocenters. The number of phenolic OH excluding ortho intramolecular Hbond substituents is 3. The zero-order valence-electron chi connectivity index (χ0n) is 16.6. The Morgan fingerprint density at radius 1 is 0.636 bits per heavy atom. The maximum Gasteiger partial charge on any atom is 0.348 e. The highest BCUT2D eigenvalue weighted by Gasteiger charge is 2.68. The van der Waals surface area contributed by atoms with Crippen molar-refractivity contribution < 1.29 is 54.9 Å². The Balaban J connectivity index is 2.47. The van der Waals surface area contributed by atoms with Gasteiger partial charge in [0.2, 0.25) is 11.6 Å². The first kappa shape index (κ1) is 24.8. The minimum Gasteiger partial charge on any atom is -0.508 e. The van der Waals surface area contributed by atoms with E-state index in [4.69, 9.17) is 0 Å². The van der Waals surface area contributed by atoms with Gasteiger partial charge in [0.1, 0.15) is 5.75 Å². The van der Waals surface area contributed by atoms with Crippen LogP contribution in [-0.2, 0) is 19.2 Å². The molecule has 0 heterocycles. The second-order valence-electron chi connectivity index (χ2n) is 6.77. The molecular formula is C22H18O11. The largest absolute Gasteiger partial charge is 0.508 e. The quantitative estimate of drug-likeness (QED) is 0.154. The van der Waals surface area contributed by atoms with Crippen LogP contribution >= 0.6 is 0 Å². The third-order valence-electron chi connectivity index (χ3n) is 4.60. The summed E-state index contributed by atoms with van der Waals surface area (Å²) < 4.78 is 0. The Labute approximate surface area is 185 Å². The predicted octanol–water partition coefficient (Wildman–Crippen LogP) is 0.300. The van der Waals surface area contributed by atoms with Gasteiger partial charge in [-0.2, -0.15) is 0 Å². The van der Waals surface area contributed by atoms with Gasteiger partial charge in [-0.05, 0) is 47.5 Å². The Kier molecular flexibility index (Phi) is 7.02. The second-order valence-corrected chi connectivity index (χ2v) is 6.77. The van der Waals surface area contributed by atoms with Crippen LogP contribution in [0.3, 0.4) is 0 Å². The number of carboxylic acid groups (broad SMARTS) is 2. The first-order valence-corrected chi connectivity index (χ1v) is 9.01. The molecule has 0 aliphatic carbocycles. The van der Waals surface area contributed by atoms with Gasteiger partial charge < -0.3 is 35.7 Å². The summed E-state index contributed by atoms with van der Waals surface area (Å²) in [6.07, 6.45) is 2.68. The summed E-state index contributed by atoms with van der Waals surface area (Å²) >= 11 is 0. The van der Waals surface area contributed by atoms with E-state index >= 15 is 0 Å². The van der Waals surface area contributed by atoms with Crippen molar-refractivity contribution in [1.29, 1.82) is 0 Å². The average molecular weight is 458 g/mol. The van der Waals surface area contributed by atoms with E-state index in [1.165, 1.54) is 30.3 Å². The summed E-state index contributed by atoms with van der Waals surface area (Å²) in [5.41, 5.74) is -7.98. The maximum atomic E-state index is 12.5. The van der Waals surface area contributed by atoms with E-state index in [0.29, 0.717) is 12.2 Å². The number of aliphatic carboxylic acids is 2. The smallest absolute Gasteiger partial charge is 0.348 e. The molecule has 7 N–H and O–H groups in total. The Bertz CT molecular complexity index is 1160. The molecule has 0 fully saturated rings. The molecule has 0 saturated heterocycles. The van der Waals surface area contributed by atoms with Crippen LogP contribution in [0.5, 0.6) is 17.2 Å². The monoisotopic (exact) mass is 458 g/mol. The van der Waals surface area contributed by atoms with Crippen molar-refractivity contribution in [3.63, 3.8) is 0 Å². The van der Waals surface area contributed by atoms with E-state index in [9.17, 15) is 54.9 Å². The number of carbonyl (C=O) groups excluding carboxylic acids is 2. The van der Waals surface area contributed by atoms with Crippen LogP contribution in [0.4, 0.5) is 0 Å². The summed E-state index contributed by atoms with van der Waals surface area (Å²) in [6.45, 7) is 0. The Hall–Kier alpha value is -4.48. The zero-order chi connectivity index (χ0) is 25.0. The number of hydrogen-bond donors (Lipinski definition) is 7. The van der Waals surface area contributed by atoms with Gasteiger partial charge in [0.05, 0.1) is 0 Å². The van der Waals surface area contributed by atoms with Crippen molar-refractivity contribution in [2.24, 2.45) is 0 Å². The molecule has 0 aliphatic rings. The van der Waals surface area contributed by atoms with Crippen molar-refractivity contribution in [3.8, 4) is 17.2 Å². The number of carbonyl (C=O) groups is 4. The van der Waals surface area contributed by atoms with Crippen molar-refractivity contribution >= 4 is 35.7 Å². The lowest BCUT2D eigenvalue weighted by Crippen LogP contribution is -2.71. The third kappa shape index (κ3) is 4.74. The van der Waals surface area contributed by atoms with Crippen LogP contribution in [0, 0.1) is 0 Å². The first-order valence-electron chi connectivity index (χ1n) is 9.01. The molecule has 0 saturated carbocycles. The zero-order valence-corrected chi connectivity index (χ0v) is 16.6. The van der Waals surface area contributed by atoms with Gasteiger partial charge in [0, 0.05) is 0 Å². The Morgan fingerprint density at radius 2 is 1.06 bits per heavy atom. The summed E-state index contributed by atoms with van der Waals surface area (Å²) in [5, 5.41) is 67.9. The first-order chi connectivity index (χ1) is 15.3. The van der Waals surface area contributed by atoms with E-state index in [2.05, 4.69) is 0 Å². The average Bonchev–Trinajstić information content (AvgIpc) is 2.77. The standard InChI is InChI=1S/C22H18O11/c23-14-6-1-12(2-7-14)4-9-17(26)21(32,19(28)29)22(33,20(30)31)18(27)10-5-13-3-8-15(24)16(25)11-13/h1-11,23-25,32-33H,(H,28,29)(H,30,31)/b9-4?,10-5+. The number of benzene rings is 2. The number of ketones is 2. The summed E-state index contributed by atoms with van der Waals surface area (Å²) in [6, 6.07) is 8.27. The normalized spacial score (nSPS) is 15.1. The van der Waals surface area contributed by atoms with E-state index in [-0.39, 0.29) is 16.9 Å². The van der Waals surface area contributed by atoms with Crippen LogP contribution < -0.4 is 0 Å². The van der Waals surface area contributed by atoms with Gasteiger partial charge in [-0.25, -0.2) is 9.59 Å². The van der Waals surface area contributed by atoms with Crippen LogP contribution in [0.1, 0.15) is 11.1 Å². The molecule has 2 aromatic rings. The lowest BCUT2D eigenvalue weighted by atomic mass is 9.76. The third-order valence-corrected chi connectivity index (χ3v) is 4.60. The predicted molar refractivity (Wildman–Crippen MR) is 111 cm³/mol. The molecule has 0 spiro atoms. The molecular weight excluding hydrogens is 440 g/mol. The van der Waals surface area contributed by atoms with Crippen LogP contribution in [0.15, 0.2) is 54.6 Å². The van der Waals surface area contributed by atoms with E-state index < -0.39 is 46.2 Å². The number of aliphatic hydroxyl groups is 2. The molecule has 0 amide bonds. The molecule has 2 aromatic carbocycles. The molecule has 0 radical (unpaired) electrons. The fourth-order valence-corrected chi connectivity index (χ4v) is 2.69. The Morgan fingerprint density at radius 3 is 1.48 bits per heavy atom. The molecule has 0 bridgehead atoms. The minimum atomic E-state index is -4.13. The molecule has 11 heteroatoms.